The Hall–Kier alpha value is -1.10. The van der Waals surface area contributed by atoms with E-state index in [4.69, 9.17) is 9.84 Å². The van der Waals surface area contributed by atoms with Gasteiger partial charge in [-0.1, -0.05) is 39.8 Å². The van der Waals surface area contributed by atoms with Crippen LogP contribution < -0.4 is 10.1 Å². The molecule has 0 aliphatic rings. The third-order valence-corrected chi connectivity index (χ3v) is 3.97. The van der Waals surface area contributed by atoms with Crippen molar-refractivity contribution in [2.24, 2.45) is 0 Å². The van der Waals surface area contributed by atoms with Gasteiger partial charge in [0.25, 0.3) is 0 Å². The van der Waals surface area contributed by atoms with Crippen LogP contribution in [0.25, 0.3) is 0 Å². The summed E-state index contributed by atoms with van der Waals surface area (Å²) in [7, 11) is 0. The van der Waals surface area contributed by atoms with Gasteiger partial charge < -0.3 is 20.3 Å². The van der Waals surface area contributed by atoms with Gasteiger partial charge in [0.1, 0.15) is 31.0 Å². The highest BCUT2D eigenvalue weighted by Gasteiger charge is 2.16. The van der Waals surface area contributed by atoms with Gasteiger partial charge in [0.2, 0.25) is 0 Å². The summed E-state index contributed by atoms with van der Waals surface area (Å²) in [6.07, 6.45) is 0.347. The minimum Gasteiger partial charge on any atom is -0.490 e. The first kappa shape index (κ1) is 18.9. The Bertz CT molecular complexity index is 450. The molecule has 1 rings (SSSR count). The first-order valence-corrected chi connectivity index (χ1v) is 8.14. The van der Waals surface area contributed by atoms with E-state index in [2.05, 4.69) is 32.9 Å². The van der Waals surface area contributed by atoms with Gasteiger partial charge in [-0.15, -0.1) is 0 Å². The van der Waals surface area contributed by atoms with E-state index < -0.39 is 6.10 Å². The molecule has 0 bridgehead atoms. The smallest absolute Gasteiger partial charge is 0.137 e. The van der Waals surface area contributed by atoms with Crippen LogP contribution in [0.15, 0.2) is 18.2 Å². The van der Waals surface area contributed by atoms with Gasteiger partial charge >= 0.3 is 0 Å². The highest BCUT2D eigenvalue weighted by molar-refractivity contribution is 5.38. The number of benzene rings is 1. The molecule has 22 heavy (non-hydrogen) atoms. The van der Waals surface area contributed by atoms with Crippen LogP contribution in [-0.2, 0) is 5.41 Å². The molecule has 4 heteroatoms. The second-order valence-corrected chi connectivity index (χ2v) is 7.02. The fourth-order valence-electron chi connectivity index (χ4n) is 2.25. The zero-order valence-electron chi connectivity index (χ0n) is 14.6. The molecule has 0 spiro atoms. The molecule has 4 N–H and O–H groups in total. The summed E-state index contributed by atoms with van der Waals surface area (Å²) in [5, 5.41) is 21.1. The Labute approximate surface area is 134 Å². The van der Waals surface area contributed by atoms with E-state index in [1.807, 2.05) is 25.2 Å². The zero-order chi connectivity index (χ0) is 16.8. The number of rotatable bonds is 8. The van der Waals surface area contributed by atoms with Crippen molar-refractivity contribution in [1.29, 1.82) is 0 Å². The van der Waals surface area contributed by atoms with Crippen molar-refractivity contribution in [3.63, 3.8) is 0 Å². The van der Waals surface area contributed by atoms with E-state index >= 15 is 0 Å². The number of ether oxygens (including phenoxy) is 1. The molecule has 1 aromatic rings. The molecule has 0 saturated carbocycles. The molecular formula is C18H32NO3+. The Morgan fingerprint density at radius 2 is 1.95 bits per heavy atom. The zero-order valence-corrected chi connectivity index (χ0v) is 14.6. The molecule has 0 fully saturated rings. The van der Waals surface area contributed by atoms with Crippen LogP contribution >= 0.6 is 0 Å². The molecule has 0 heterocycles. The van der Waals surface area contributed by atoms with Crippen molar-refractivity contribution in [3.05, 3.63) is 29.3 Å². The van der Waals surface area contributed by atoms with E-state index in [0.29, 0.717) is 6.54 Å². The summed E-state index contributed by atoms with van der Waals surface area (Å²) in [4.78, 5) is 0. The third kappa shape index (κ3) is 5.95. The Morgan fingerprint density at radius 1 is 1.27 bits per heavy atom. The Kier molecular flexibility index (Phi) is 7.33. The van der Waals surface area contributed by atoms with Crippen LogP contribution in [0.5, 0.6) is 5.75 Å². The quantitative estimate of drug-likeness (QED) is 0.679. The molecule has 2 atom stereocenters. The van der Waals surface area contributed by atoms with Crippen LogP contribution in [-0.4, -0.2) is 42.1 Å². The summed E-state index contributed by atoms with van der Waals surface area (Å²) in [6, 6.07) is 6.36. The van der Waals surface area contributed by atoms with Crippen LogP contribution in [0.4, 0.5) is 0 Å². The van der Waals surface area contributed by atoms with Gasteiger partial charge in [0.15, 0.2) is 0 Å². The lowest BCUT2D eigenvalue weighted by atomic mass is 9.86. The van der Waals surface area contributed by atoms with Crippen LogP contribution in [0.1, 0.15) is 45.2 Å². The first-order chi connectivity index (χ1) is 10.3. The molecule has 4 nitrogen and oxygen atoms in total. The minimum absolute atomic E-state index is 0.122. The molecular weight excluding hydrogens is 278 g/mol. The topological polar surface area (TPSA) is 66.3 Å². The van der Waals surface area contributed by atoms with Crippen molar-refractivity contribution in [2.75, 3.05) is 19.8 Å². The fraction of sp³-hybridized carbons (Fsp3) is 0.667. The maximum Gasteiger partial charge on any atom is 0.137 e. The van der Waals surface area contributed by atoms with Crippen molar-refractivity contribution >= 4 is 0 Å². The van der Waals surface area contributed by atoms with Gasteiger partial charge in [0.05, 0.1) is 6.61 Å². The number of hydrogen-bond donors (Lipinski definition) is 3. The number of aliphatic hydroxyl groups excluding tert-OH is 2. The van der Waals surface area contributed by atoms with Gasteiger partial charge in [-0.3, -0.25) is 0 Å². The van der Waals surface area contributed by atoms with E-state index in [-0.39, 0.29) is 24.7 Å². The minimum atomic E-state index is -0.540. The standard InChI is InChI=1S/C18H31NO3/c1-6-15(11-20)19-10-16(21)12-22-17-8-7-14(9-13(17)2)18(3,4)5/h7-9,15-16,19-21H,6,10-12H2,1-5H3/p+1/t15-,16-/m1/s1. The monoisotopic (exact) mass is 310 g/mol. The molecule has 0 aliphatic heterocycles. The number of quaternary nitrogens is 1. The number of nitrogens with two attached hydrogens (primary N) is 1. The second kappa shape index (κ2) is 8.51. The van der Waals surface area contributed by atoms with E-state index in [1.54, 1.807) is 0 Å². The maximum atomic E-state index is 9.99. The third-order valence-electron chi connectivity index (χ3n) is 3.97. The lowest BCUT2D eigenvalue weighted by Crippen LogP contribution is -2.92. The summed E-state index contributed by atoms with van der Waals surface area (Å²) in [5.74, 6) is 0.821. The van der Waals surface area contributed by atoms with Crippen LogP contribution in [0.3, 0.4) is 0 Å². The molecule has 0 saturated heterocycles. The summed E-state index contributed by atoms with van der Waals surface area (Å²) in [5.41, 5.74) is 2.49. The van der Waals surface area contributed by atoms with E-state index in [9.17, 15) is 5.11 Å². The van der Waals surface area contributed by atoms with Crippen LogP contribution in [0.2, 0.25) is 0 Å². The summed E-state index contributed by atoms with van der Waals surface area (Å²) < 4.78 is 5.73. The average Bonchev–Trinajstić information content (AvgIpc) is 2.46. The Morgan fingerprint density at radius 3 is 2.45 bits per heavy atom. The van der Waals surface area contributed by atoms with Gasteiger partial charge in [0, 0.05) is 0 Å². The average molecular weight is 310 g/mol. The van der Waals surface area contributed by atoms with Gasteiger partial charge in [-0.2, -0.15) is 0 Å². The molecule has 0 amide bonds. The SMILES string of the molecule is CC[C@H](CO)[NH2+]C[C@@H](O)COc1ccc(C(C)(C)C)cc1C. The van der Waals surface area contributed by atoms with E-state index in [1.165, 1.54) is 5.56 Å². The first-order valence-electron chi connectivity index (χ1n) is 8.14. The van der Waals surface area contributed by atoms with Crippen molar-refractivity contribution in [2.45, 2.75) is 58.6 Å². The van der Waals surface area contributed by atoms with Crippen molar-refractivity contribution in [3.8, 4) is 5.75 Å². The van der Waals surface area contributed by atoms with E-state index in [0.717, 1.165) is 17.7 Å². The molecule has 0 aliphatic carbocycles. The number of aliphatic hydroxyl groups is 2. The highest BCUT2D eigenvalue weighted by atomic mass is 16.5. The predicted molar refractivity (Wildman–Crippen MR) is 89.3 cm³/mol. The molecule has 1 aromatic carbocycles. The maximum absolute atomic E-state index is 9.99. The number of hydrogen-bond acceptors (Lipinski definition) is 3. The van der Waals surface area contributed by atoms with Crippen LogP contribution in [0, 0.1) is 6.92 Å². The highest BCUT2D eigenvalue weighted by Crippen LogP contribution is 2.27. The fourth-order valence-corrected chi connectivity index (χ4v) is 2.25. The molecule has 0 radical (unpaired) electrons. The lowest BCUT2D eigenvalue weighted by molar-refractivity contribution is -0.696. The summed E-state index contributed by atoms with van der Waals surface area (Å²) >= 11 is 0. The normalized spacial score (nSPS) is 14.7. The number of aryl methyl sites for hydroxylation is 1. The lowest BCUT2D eigenvalue weighted by Gasteiger charge is -2.21. The largest absolute Gasteiger partial charge is 0.490 e. The van der Waals surface area contributed by atoms with Crippen molar-refractivity contribution < 1.29 is 20.3 Å². The van der Waals surface area contributed by atoms with Gasteiger partial charge in [-0.25, -0.2) is 0 Å². The molecule has 0 aromatic heterocycles. The molecule has 0 unspecified atom stereocenters. The second-order valence-electron chi connectivity index (χ2n) is 7.02. The summed E-state index contributed by atoms with van der Waals surface area (Å²) in [6.45, 7) is 11.6. The molecule has 126 valence electrons. The predicted octanol–water partition coefficient (Wildman–Crippen LogP) is 1.37. The Balaban J connectivity index is 2.51. The van der Waals surface area contributed by atoms with Gasteiger partial charge in [-0.05, 0) is 36.0 Å². The van der Waals surface area contributed by atoms with Crippen molar-refractivity contribution in [1.82, 2.24) is 0 Å².